The molecule has 0 aromatic heterocycles. The number of benzene rings is 2. The van der Waals surface area contributed by atoms with Crippen LogP contribution in [0.4, 0.5) is 5.69 Å². The summed E-state index contributed by atoms with van der Waals surface area (Å²) >= 11 is 0. The second-order valence-corrected chi connectivity index (χ2v) is 7.42. The number of carboxylic acid groups (broad SMARTS) is 1. The Morgan fingerprint density at radius 1 is 1.03 bits per heavy atom. The quantitative estimate of drug-likeness (QED) is 0.407. The lowest BCUT2D eigenvalue weighted by molar-refractivity contribution is -0.108. The standard InChI is InChI=1S/C14H23N.C9H8N2O4/c1-10(2)12-7-6-8-13(11(3)4)14(12)9-15-5;10-6-3-1-2-5(9(14)15)7(6)8(13)11-4-12/h6-8,10-11,15H,9H2,1-5H3;1-4H,10H2,(H,14,15)(H,11,12,13). The number of hydrogen-bond donors (Lipinski definition) is 4. The highest BCUT2D eigenvalue weighted by atomic mass is 16.4. The van der Waals surface area contributed by atoms with Gasteiger partial charge in [-0.15, -0.1) is 0 Å². The van der Waals surface area contributed by atoms with Gasteiger partial charge in [0.2, 0.25) is 6.41 Å². The van der Waals surface area contributed by atoms with Gasteiger partial charge >= 0.3 is 5.97 Å². The minimum atomic E-state index is -1.28. The molecule has 0 bridgehead atoms. The van der Waals surface area contributed by atoms with Crippen LogP contribution in [0.1, 0.15) is 76.9 Å². The van der Waals surface area contributed by atoms with E-state index in [4.69, 9.17) is 10.8 Å². The number of anilines is 1. The summed E-state index contributed by atoms with van der Waals surface area (Å²) in [7, 11) is 2.02. The van der Waals surface area contributed by atoms with Crippen LogP contribution in [-0.4, -0.2) is 30.4 Å². The Morgan fingerprint density at radius 3 is 2.00 bits per heavy atom. The van der Waals surface area contributed by atoms with Gasteiger partial charge in [0.15, 0.2) is 0 Å². The number of amides is 2. The van der Waals surface area contributed by atoms with Gasteiger partial charge in [-0.05, 0) is 47.7 Å². The third-order valence-electron chi connectivity index (χ3n) is 4.59. The lowest BCUT2D eigenvalue weighted by Gasteiger charge is -2.19. The van der Waals surface area contributed by atoms with Crippen LogP contribution in [-0.2, 0) is 11.3 Å². The molecule has 2 amide bonds. The number of carbonyl (C=O) groups is 3. The third kappa shape index (κ3) is 6.42. The summed E-state index contributed by atoms with van der Waals surface area (Å²) in [6.07, 6.45) is 0.167. The molecule has 0 fully saturated rings. The van der Waals surface area contributed by atoms with Crippen LogP contribution < -0.4 is 16.4 Å². The van der Waals surface area contributed by atoms with Gasteiger partial charge in [0, 0.05) is 12.2 Å². The number of nitrogen functional groups attached to an aromatic ring is 1. The van der Waals surface area contributed by atoms with Crippen LogP contribution >= 0.6 is 0 Å². The molecule has 2 aromatic carbocycles. The fourth-order valence-corrected chi connectivity index (χ4v) is 3.21. The fraction of sp³-hybridized carbons (Fsp3) is 0.348. The molecule has 7 heteroatoms. The van der Waals surface area contributed by atoms with Gasteiger partial charge in [0.25, 0.3) is 5.91 Å². The van der Waals surface area contributed by atoms with E-state index in [1.54, 1.807) is 0 Å². The summed E-state index contributed by atoms with van der Waals surface area (Å²) in [5.41, 5.74) is 9.46. The minimum Gasteiger partial charge on any atom is -0.478 e. The predicted octanol–water partition coefficient (Wildman–Crippen LogP) is 3.51. The Balaban J connectivity index is 0.000000300. The molecule has 0 heterocycles. The highest BCUT2D eigenvalue weighted by molar-refractivity contribution is 6.10. The Labute approximate surface area is 177 Å². The molecule has 0 saturated carbocycles. The normalized spacial score (nSPS) is 10.4. The predicted molar refractivity (Wildman–Crippen MR) is 119 cm³/mol. The zero-order valence-corrected chi connectivity index (χ0v) is 18.2. The average Bonchev–Trinajstić information content (AvgIpc) is 2.68. The van der Waals surface area contributed by atoms with E-state index < -0.39 is 11.9 Å². The molecular weight excluding hydrogens is 382 g/mol. The molecule has 0 spiro atoms. The van der Waals surface area contributed by atoms with Crippen molar-refractivity contribution >= 4 is 24.0 Å². The van der Waals surface area contributed by atoms with Gasteiger partial charge in [0.05, 0.1) is 11.1 Å². The Bertz CT molecular complexity index is 866. The van der Waals surface area contributed by atoms with Gasteiger partial charge in [-0.2, -0.15) is 0 Å². The molecule has 0 saturated heterocycles. The molecule has 0 radical (unpaired) electrons. The molecule has 7 nitrogen and oxygen atoms in total. The summed E-state index contributed by atoms with van der Waals surface area (Å²) in [4.78, 5) is 32.1. The molecular formula is C23H31N3O4. The zero-order chi connectivity index (χ0) is 22.8. The Kier molecular flexibility index (Phi) is 9.71. The van der Waals surface area contributed by atoms with Gasteiger partial charge in [-0.3, -0.25) is 14.9 Å². The summed E-state index contributed by atoms with van der Waals surface area (Å²) in [5, 5.41) is 13.9. The van der Waals surface area contributed by atoms with Crippen molar-refractivity contribution in [3.63, 3.8) is 0 Å². The summed E-state index contributed by atoms with van der Waals surface area (Å²) in [5.74, 6) is -0.905. The minimum absolute atomic E-state index is 0.00856. The SMILES string of the molecule is CNCc1c(C(C)C)cccc1C(C)C.Nc1cccc(C(=O)O)c1C(=O)NC=O. The monoisotopic (exact) mass is 413 g/mol. The topological polar surface area (TPSA) is 122 Å². The number of hydrogen-bond acceptors (Lipinski definition) is 5. The smallest absolute Gasteiger partial charge is 0.336 e. The van der Waals surface area contributed by atoms with Crippen LogP contribution in [0, 0.1) is 0 Å². The van der Waals surface area contributed by atoms with E-state index in [9.17, 15) is 14.4 Å². The summed E-state index contributed by atoms with van der Waals surface area (Å²) < 4.78 is 0. The fourth-order valence-electron chi connectivity index (χ4n) is 3.21. The first-order chi connectivity index (χ1) is 14.1. The summed E-state index contributed by atoms with van der Waals surface area (Å²) in [6.45, 7) is 10.0. The van der Waals surface area contributed by atoms with Gasteiger partial charge in [-0.25, -0.2) is 4.79 Å². The van der Waals surface area contributed by atoms with E-state index >= 15 is 0 Å². The van der Waals surface area contributed by atoms with E-state index in [0.717, 1.165) is 6.54 Å². The molecule has 0 aliphatic carbocycles. The van der Waals surface area contributed by atoms with E-state index in [1.165, 1.54) is 34.9 Å². The van der Waals surface area contributed by atoms with E-state index in [0.29, 0.717) is 11.8 Å². The van der Waals surface area contributed by atoms with E-state index in [1.807, 2.05) is 12.4 Å². The summed E-state index contributed by atoms with van der Waals surface area (Å²) in [6, 6.07) is 10.7. The van der Waals surface area contributed by atoms with Crippen LogP contribution in [0.15, 0.2) is 36.4 Å². The van der Waals surface area contributed by atoms with Gasteiger partial charge < -0.3 is 16.2 Å². The van der Waals surface area contributed by atoms with E-state index in [-0.39, 0.29) is 23.2 Å². The first-order valence-electron chi connectivity index (χ1n) is 9.78. The van der Waals surface area contributed by atoms with Crippen molar-refractivity contribution in [3.05, 3.63) is 64.2 Å². The average molecular weight is 414 g/mol. The molecule has 0 unspecified atom stereocenters. The van der Waals surface area contributed by atoms with Crippen LogP contribution in [0.25, 0.3) is 0 Å². The number of carbonyl (C=O) groups excluding carboxylic acids is 2. The maximum atomic E-state index is 11.3. The number of imide groups is 1. The van der Waals surface area contributed by atoms with E-state index in [2.05, 4.69) is 51.2 Å². The second-order valence-electron chi connectivity index (χ2n) is 7.42. The molecule has 0 atom stereocenters. The largest absolute Gasteiger partial charge is 0.478 e. The Hall–Kier alpha value is -3.19. The van der Waals surface area contributed by atoms with Crippen molar-refractivity contribution in [2.24, 2.45) is 0 Å². The molecule has 0 aliphatic heterocycles. The molecule has 5 N–H and O–H groups in total. The van der Waals surface area contributed by atoms with Crippen LogP contribution in [0.3, 0.4) is 0 Å². The molecule has 30 heavy (non-hydrogen) atoms. The molecule has 2 rings (SSSR count). The number of rotatable bonds is 7. The molecule has 162 valence electrons. The lowest BCUT2D eigenvalue weighted by Crippen LogP contribution is -2.25. The van der Waals surface area contributed by atoms with Gasteiger partial charge in [0.1, 0.15) is 0 Å². The van der Waals surface area contributed by atoms with Crippen molar-refractivity contribution in [1.82, 2.24) is 10.6 Å². The van der Waals surface area contributed by atoms with Crippen molar-refractivity contribution in [2.45, 2.75) is 46.1 Å². The number of carboxylic acids is 1. The first-order valence-corrected chi connectivity index (χ1v) is 9.78. The number of aromatic carboxylic acids is 1. The first kappa shape index (κ1) is 24.8. The molecule has 2 aromatic rings. The van der Waals surface area contributed by atoms with Gasteiger partial charge in [-0.1, -0.05) is 52.0 Å². The van der Waals surface area contributed by atoms with Crippen molar-refractivity contribution < 1.29 is 19.5 Å². The zero-order valence-electron chi connectivity index (χ0n) is 18.2. The lowest BCUT2D eigenvalue weighted by atomic mass is 9.89. The number of nitrogens with two attached hydrogens (primary N) is 1. The highest BCUT2D eigenvalue weighted by Gasteiger charge is 2.18. The maximum Gasteiger partial charge on any atom is 0.336 e. The van der Waals surface area contributed by atoms with Crippen molar-refractivity contribution in [1.29, 1.82) is 0 Å². The van der Waals surface area contributed by atoms with Crippen LogP contribution in [0.2, 0.25) is 0 Å². The molecule has 0 aliphatic rings. The maximum absolute atomic E-state index is 11.3. The third-order valence-corrected chi connectivity index (χ3v) is 4.59. The highest BCUT2D eigenvalue weighted by Crippen LogP contribution is 2.27. The van der Waals surface area contributed by atoms with Crippen molar-refractivity contribution in [2.75, 3.05) is 12.8 Å². The number of nitrogens with one attached hydrogen (secondary N) is 2. The second kappa shape index (κ2) is 11.7. The Morgan fingerprint density at radius 2 is 1.57 bits per heavy atom. The van der Waals surface area contributed by atoms with Crippen LogP contribution in [0.5, 0.6) is 0 Å². The van der Waals surface area contributed by atoms with Crippen molar-refractivity contribution in [3.8, 4) is 0 Å².